The van der Waals surface area contributed by atoms with Crippen molar-refractivity contribution in [3.63, 3.8) is 0 Å². The molecule has 0 N–H and O–H groups in total. The van der Waals surface area contributed by atoms with Gasteiger partial charge in [-0.2, -0.15) is 13.2 Å². The van der Waals surface area contributed by atoms with Gasteiger partial charge in [-0.3, -0.25) is 9.38 Å². The Labute approximate surface area is 105 Å². The van der Waals surface area contributed by atoms with E-state index in [1.165, 1.54) is 12.3 Å². The van der Waals surface area contributed by atoms with E-state index in [1.807, 2.05) is 0 Å². The van der Waals surface area contributed by atoms with E-state index >= 15 is 0 Å². The first-order chi connectivity index (χ1) is 9.05. The highest BCUT2D eigenvalue weighted by Gasteiger charge is 2.32. The van der Waals surface area contributed by atoms with E-state index in [0.29, 0.717) is 17.0 Å². The zero-order valence-corrected chi connectivity index (χ0v) is 9.46. The van der Waals surface area contributed by atoms with Crippen LogP contribution in [0.4, 0.5) is 13.2 Å². The number of rotatable bonds is 1. The van der Waals surface area contributed by atoms with Crippen molar-refractivity contribution in [2.24, 2.45) is 0 Å². The molecule has 0 amide bonds. The number of aromatic nitrogens is 4. The average Bonchev–Trinajstić information content (AvgIpc) is 2.82. The summed E-state index contributed by atoms with van der Waals surface area (Å²) in [6.45, 7) is 0. The van der Waals surface area contributed by atoms with Crippen molar-refractivity contribution in [2.75, 3.05) is 0 Å². The van der Waals surface area contributed by atoms with Gasteiger partial charge in [-0.1, -0.05) is 0 Å². The summed E-state index contributed by atoms with van der Waals surface area (Å²) in [5, 5.41) is 0. The normalized spacial score (nSPS) is 11.9. The standard InChI is InChI=1S/C12H7F3N4/c13-12(14,15)10-3-2-8(6-17-10)9-7-18-11-16-4-1-5-19(9)11/h1-7H. The van der Waals surface area contributed by atoms with E-state index in [1.54, 1.807) is 29.1 Å². The van der Waals surface area contributed by atoms with E-state index in [-0.39, 0.29) is 0 Å². The Bertz CT molecular complexity index is 716. The minimum Gasteiger partial charge on any atom is -0.284 e. The maximum absolute atomic E-state index is 12.4. The van der Waals surface area contributed by atoms with Crippen LogP contribution in [0.5, 0.6) is 0 Å². The topological polar surface area (TPSA) is 43.1 Å². The highest BCUT2D eigenvalue weighted by molar-refractivity contribution is 5.61. The maximum Gasteiger partial charge on any atom is 0.433 e. The van der Waals surface area contributed by atoms with Gasteiger partial charge in [0.25, 0.3) is 0 Å². The van der Waals surface area contributed by atoms with Crippen molar-refractivity contribution in [1.29, 1.82) is 0 Å². The number of alkyl halides is 3. The van der Waals surface area contributed by atoms with E-state index in [2.05, 4.69) is 15.0 Å². The molecule has 0 aliphatic heterocycles. The Hall–Kier alpha value is -2.44. The second-order valence-electron chi connectivity index (χ2n) is 3.86. The van der Waals surface area contributed by atoms with Crippen LogP contribution in [0, 0.1) is 0 Å². The van der Waals surface area contributed by atoms with Gasteiger partial charge < -0.3 is 0 Å². The van der Waals surface area contributed by atoms with Crippen LogP contribution in [0.3, 0.4) is 0 Å². The molecule has 0 fully saturated rings. The molecule has 96 valence electrons. The second-order valence-corrected chi connectivity index (χ2v) is 3.86. The molecule has 19 heavy (non-hydrogen) atoms. The van der Waals surface area contributed by atoms with Crippen molar-refractivity contribution in [3.8, 4) is 11.3 Å². The number of fused-ring (bicyclic) bond motifs is 1. The summed E-state index contributed by atoms with van der Waals surface area (Å²) in [4.78, 5) is 11.5. The fraction of sp³-hybridized carbons (Fsp3) is 0.0833. The molecular weight excluding hydrogens is 257 g/mol. The van der Waals surface area contributed by atoms with Crippen LogP contribution in [-0.2, 0) is 6.18 Å². The molecule has 0 aliphatic carbocycles. The van der Waals surface area contributed by atoms with Gasteiger partial charge >= 0.3 is 6.18 Å². The van der Waals surface area contributed by atoms with Crippen molar-refractivity contribution >= 4 is 5.78 Å². The first-order valence-corrected chi connectivity index (χ1v) is 5.37. The van der Waals surface area contributed by atoms with E-state index in [4.69, 9.17) is 0 Å². The van der Waals surface area contributed by atoms with E-state index < -0.39 is 11.9 Å². The molecule has 0 saturated carbocycles. The quantitative estimate of drug-likeness (QED) is 0.678. The molecule has 0 saturated heterocycles. The fourth-order valence-corrected chi connectivity index (χ4v) is 1.75. The number of imidazole rings is 1. The molecule has 3 aromatic heterocycles. The fourth-order valence-electron chi connectivity index (χ4n) is 1.75. The van der Waals surface area contributed by atoms with Gasteiger partial charge in [-0.25, -0.2) is 9.97 Å². The highest BCUT2D eigenvalue weighted by Crippen LogP contribution is 2.28. The smallest absolute Gasteiger partial charge is 0.284 e. The zero-order chi connectivity index (χ0) is 13.5. The molecule has 3 heterocycles. The molecule has 0 spiro atoms. The number of nitrogens with zero attached hydrogens (tertiary/aromatic N) is 4. The van der Waals surface area contributed by atoms with Crippen molar-refractivity contribution in [3.05, 3.63) is 48.7 Å². The minimum atomic E-state index is -4.43. The summed E-state index contributed by atoms with van der Waals surface area (Å²) in [7, 11) is 0. The van der Waals surface area contributed by atoms with Gasteiger partial charge in [0.15, 0.2) is 0 Å². The monoisotopic (exact) mass is 264 g/mol. The van der Waals surface area contributed by atoms with Crippen LogP contribution in [0.1, 0.15) is 5.69 Å². The van der Waals surface area contributed by atoms with Crippen LogP contribution in [0.2, 0.25) is 0 Å². The average molecular weight is 264 g/mol. The van der Waals surface area contributed by atoms with Crippen molar-refractivity contribution in [1.82, 2.24) is 19.4 Å². The van der Waals surface area contributed by atoms with Crippen LogP contribution >= 0.6 is 0 Å². The number of halogens is 3. The van der Waals surface area contributed by atoms with Gasteiger partial charge in [0, 0.05) is 24.2 Å². The van der Waals surface area contributed by atoms with Gasteiger partial charge in [-0.05, 0) is 18.2 Å². The summed E-state index contributed by atoms with van der Waals surface area (Å²) in [6, 6.07) is 4.03. The molecule has 0 aromatic carbocycles. The molecule has 4 nitrogen and oxygen atoms in total. The van der Waals surface area contributed by atoms with E-state index in [0.717, 1.165) is 6.07 Å². The Morgan fingerprint density at radius 1 is 1.00 bits per heavy atom. The van der Waals surface area contributed by atoms with Crippen molar-refractivity contribution in [2.45, 2.75) is 6.18 Å². The van der Waals surface area contributed by atoms with Crippen LogP contribution in [0.15, 0.2) is 43.0 Å². The lowest BCUT2D eigenvalue weighted by atomic mass is 10.2. The summed E-state index contributed by atoms with van der Waals surface area (Å²) >= 11 is 0. The lowest BCUT2D eigenvalue weighted by Crippen LogP contribution is -2.07. The Morgan fingerprint density at radius 3 is 2.53 bits per heavy atom. The van der Waals surface area contributed by atoms with Gasteiger partial charge in [0.1, 0.15) is 5.69 Å². The number of pyridine rings is 1. The lowest BCUT2D eigenvalue weighted by molar-refractivity contribution is -0.141. The first-order valence-electron chi connectivity index (χ1n) is 5.37. The highest BCUT2D eigenvalue weighted by atomic mass is 19.4. The Balaban J connectivity index is 2.07. The van der Waals surface area contributed by atoms with Crippen molar-refractivity contribution < 1.29 is 13.2 Å². The Morgan fingerprint density at radius 2 is 1.84 bits per heavy atom. The summed E-state index contributed by atoms with van der Waals surface area (Å²) in [5.41, 5.74) is 0.279. The lowest BCUT2D eigenvalue weighted by Gasteiger charge is -2.06. The third kappa shape index (κ3) is 2.03. The van der Waals surface area contributed by atoms with Crippen LogP contribution in [0.25, 0.3) is 17.0 Å². The third-order valence-electron chi connectivity index (χ3n) is 2.64. The predicted octanol–water partition coefficient (Wildman–Crippen LogP) is 2.81. The number of hydrogen-bond acceptors (Lipinski definition) is 3. The van der Waals surface area contributed by atoms with Gasteiger partial charge in [0.2, 0.25) is 5.78 Å². The molecule has 3 rings (SSSR count). The molecular formula is C12H7F3N4. The molecule has 0 radical (unpaired) electrons. The van der Waals surface area contributed by atoms with Crippen LogP contribution in [-0.4, -0.2) is 19.4 Å². The molecule has 7 heteroatoms. The molecule has 0 unspecified atom stereocenters. The SMILES string of the molecule is FC(F)(F)c1ccc(-c2cnc3ncccn23)cn1. The van der Waals surface area contributed by atoms with E-state index in [9.17, 15) is 13.2 Å². The zero-order valence-electron chi connectivity index (χ0n) is 9.46. The summed E-state index contributed by atoms with van der Waals surface area (Å²) < 4.78 is 39.0. The molecule has 0 atom stereocenters. The third-order valence-corrected chi connectivity index (χ3v) is 2.64. The maximum atomic E-state index is 12.4. The summed E-state index contributed by atoms with van der Waals surface area (Å²) in [5.74, 6) is 0.484. The molecule has 0 aliphatic rings. The predicted molar refractivity (Wildman–Crippen MR) is 61.2 cm³/mol. The number of hydrogen-bond donors (Lipinski definition) is 0. The van der Waals surface area contributed by atoms with Gasteiger partial charge in [-0.15, -0.1) is 0 Å². The largest absolute Gasteiger partial charge is 0.433 e. The van der Waals surface area contributed by atoms with Crippen LogP contribution < -0.4 is 0 Å². The molecule has 3 aromatic rings. The Kier molecular flexibility index (Phi) is 2.48. The second kappa shape index (κ2) is 4.04. The van der Waals surface area contributed by atoms with Gasteiger partial charge in [0.05, 0.1) is 11.9 Å². The minimum absolute atomic E-state index is 0.484. The first kappa shape index (κ1) is 11.6. The summed E-state index contributed by atoms with van der Waals surface area (Å²) in [6.07, 6.45) is 1.63. The molecule has 0 bridgehead atoms.